The van der Waals surface area contributed by atoms with Crippen molar-refractivity contribution in [2.75, 3.05) is 0 Å². The molecule has 1 aromatic carbocycles. The van der Waals surface area contributed by atoms with Crippen LogP contribution >= 0.6 is 11.8 Å². The van der Waals surface area contributed by atoms with Gasteiger partial charge >= 0.3 is 0 Å². The monoisotopic (exact) mass is 190 g/mol. The molecular weight excluding hydrogens is 180 g/mol. The topological polar surface area (TPSA) is 39.6 Å². The van der Waals surface area contributed by atoms with Crippen LogP contribution in [-0.2, 0) is 0 Å². The summed E-state index contributed by atoms with van der Waals surface area (Å²) in [6.07, 6.45) is 1.89. The zero-order chi connectivity index (χ0) is 8.39. The van der Waals surface area contributed by atoms with E-state index in [2.05, 4.69) is 4.98 Å². The third-order valence-electron chi connectivity index (χ3n) is 1.69. The summed E-state index contributed by atoms with van der Waals surface area (Å²) in [4.78, 5) is 4.07. The van der Waals surface area contributed by atoms with Crippen molar-refractivity contribution in [3.05, 3.63) is 30.5 Å². The maximum atomic E-state index is 8.45. The largest absolute Gasteiger partial charge is 0.361 e. The van der Waals surface area contributed by atoms with Gasteiger partial charge in [-0.05, 0) is 35.3 Å². The predicted octanol–water partition coefficient (Wildman–Crippen LogP) is 3.38. The fraction of sp³-hybridized carbons (Fsp3) is 0.100. The first-order valence-electron chi connectivity index (χ1n) is 3.53. The maximum absolute atomic E-state index is 8.45. The number of rotatable bonds is 1. The van der Waals surface area contributed by atoms with Crippen molar-refractivity contribution in [2.45, 2.75) is 12.3 Å². The Kier molecular flexibility index (Phi) is 2.99. The van der Waals surface area contributed by atoms with Crippen molar-refractivity contribution in [2.24, 2.45) is 0 Å². The van der Waals surface area contributed by atoms with Crippen LogP contribution < -0.4 is 0 Å². The maximum Gasteiger partial charge on any atom is 0.138 e. The number of thioether (sulfide) groups is 1. The summed E-state index contributed by atoms with van der Waals surface area (Å²) in [7, 11) is 0. The van der Waals surface area contributed by atoms with Gasteiger partial charge in [0.05, 0.1) is 0 Å². The Balaban J connectivity index is 0.000000845. The van der Waals surface area contributed by atoms with E-state index in [9.17, 15) is 0 Å². The quantitative estimate of drug-likeness (QED) is 0.553. The molecule has 0 saturated heterocycles. The average Bonchev–Trinajstić information content (AvgIpc) is 2.51. The van der Waals surface area contributed by atoms with Crippen LogP contribution in [0.25, 0.3) is 10.9 Å². The number of hydrogen-bond donors (Lipinski definition) is 1. The molecule has 0 fully saturated rings. The molecule has 2 rings (SSSR count). The molecule has 0 aliphatic rings. The second kappa shape index (κ2) is 4.01. The molecule has 1 aromatic heterocycles. The minimum atomic E-state index is 0. The van der Waals surface area contributed by atoms with Crippen molar-refractivity contribution in [3.8, 4) is 5.40 Å². The Labute approximate surface area is 81.6 Å². The number of H-pyrrole nitrogens is 1. The second-order valence-corrected chi connectivity index (χ2v) is 3.28. The highest BCUT2D eigenvalue weighted by atomic mass is 32.2. The highest BCUT2D eigenvalue weighted by Gasteiger charge is 1.96. The van der Waals surface area contributed by atoms with Crippen LogP contribution in [0.2, 0.25) is 0 Å². The van der Waals surface area contributed by atoms with E-state index >= 15 is 0 Å². The zero-order valence-corrected chi connectivity index (χ0v) is 7.06. The molecular formula is C10H10N2S. The van der Waals surface area contributed by atoms with Crippen molar-refractivity contribution in [1.29, 1.82) is 5.26 Å². The van der Waals surface area contributed by atoms with Crippen molar-refractivity contribution < 1.29 is 0 Å². The first-order chi connectivity index (χ1) is 5.90. The van der Waals surface area contributed by atoms with Gasteiger partial charge in [0, 0.05) is 16.6 Å². The number of thiocyanates is 1. The minimum absolute atomic E-state index is 0. The standard InChI is InChI=1S/C9H6N2S.CH4/c10-6-12-8-2-1-7-3-4-11-9(7)5-8;/h1-5,11H;1H4. The summed E-state index contributed by atoms with van der Waals surface area (Å²) >= 11 is 1.18. The molecule has 1 heterocycles. The molecule has 2 aromatic rings. The molecule has 0 aliphatic heterocycles. The summed E-state index contributed by atoms with van der Waals surface area (Å²) in [5.74, 6) is 0. The highest BCUT2D eigenvalue weighted by Crippen LogP contribution is 2.21. The van der Waals surface area contributed by atoms with Gasteiger partial charge in [0.1, 0.15) is 5.40 Å². The molecule has 0 aliphatic carbocycles. The molecule has 0 unspecified atom stereocenters. The van der Waals surface area contributed by atoms with E-state index in [4.69, 9.17) is 5.26 Å². The molecule has 0 amide bonds. The Bertz CT molecular complexity index is 439. The van der Waals surface area contributed by atoms with E-state index < -0.39 is 0 Å². The molecule has 1 N–H and O–H groups in total. The van der Waals surface area contributed by atoms with Gasteiger partial charge in [-0.15, -0.1) is 0 Å². The van der Waals surface area contributed by atoms with E-state index in [-0.39, 0.29) is 7.43 Å². The molecule has 0 bridgehead atoms. The van der Waals surface area contributed by atoms with Crippen LogP contribution in [0.4, 0.5) is 0 Å². The Hall–Kier alpha value is -1.40. The predicted molar refractivity (Wildman–Crippen MR) is 56.5 cm³/mol. The third-order valence-corrected chi connectivity index (χ3v) is 2.27. The summed E-state index contributed by atoms with van der Waals surface area (Å²) in [5, 5.41) is 11.7. The van der Waals surface area contributed by atoms with Crippen LogP contribution in [0.3, 0.4) is 0 Å². The van der Waals surface area contributed by atoms with E-state index in [1.54, 1.807) is 0 Å². The fourth-order valence-corrected chi connectivity index (χ4v) is 1.56. The van der Waals surface area contributed by atoms with E-state index in [0.29, 0.717) is 0 Å². The molecule has 2 nitrogen and oxygen atoms in total. The lowest BCUT2D eigenvalue weighted by Crippen LogP contribution is -1.69. The van der Waals surface area contributed by atoms with Crippen LogP contribution in [0.15, 0.2) is 35.4 Å². The third kappa shape index (κ3) is 1.85. The van der Waals surface area contributed by atoms with Crippen LogP contribution in [0.1, 0.15) is 7.43 Å². The minimum Gasteiger partial charge on any atom is -0.361 e. The number of benzene rings is 1. The lowest BCUT2D eigenvalue weighted by atomic mass is 10.2. The summed E-state index contributed by atoms with van der Waals surface area (Å²) in [6.45, 7) is 0. The van der Waals surface area contributed by atoms with Gasteiger partial charge in [0.25, 0.3) is 0 Å². The first-order valence-corrected chi connectivity index (χ1v) is 4.35. The van der Waals surface area contributed by atoms with Crippen LogP contribution in [0, 0.1) is 10.7 Å². The molecule has 0 saturated carbocycles. The van der Waals surface area contributed by atoms with Crippen LogP contribution in [-0.4, -0.2) is 4.98 Å². The van der Waals surface area contributed by atoms with Gasteiger partial charge in [-0.2, -0.15) is 5.26 Å². The van der Waals surface area contributed by atoms with Crippen molar-refractivity contribution in [1.82, 2.24) is 4.98 Å². The molecule has 0 spiro atoms. The van der Waals surface area contributed by atoms with Gasteiger partial charge in [0.15, 0.2) is 0 Å². The lowest BCUT2D eigenvalue weighted by Gasteiger charge is -1.92. The van der Waals surface area contributed by atoms with Crippen molar-refractivity contribution in [3.63, 3.8) is 0 Å². The Morgan fingerprint density at radius 1 is 1.31 bits per heavy atom. The van der Waals surface area contributed by atoms with Gasteiger partial charge in [-0.25, -0.2) is 0 Å². The van der Waals surface area contributed by atoms with E-state index in [1.807, 2.05) is 35.9 Å². The first kappa shape index (κ1) is 9.69. The second-order valence-electron chi connectivity index (χ2n) is 2.42. The highest BCUT2D eigenvalue weighted by molar-refractivity contribution is 8.03. The van der Waals surface area contributed by atoms with E-state index in [1.165, 1.54) is 17.1 Å². The number of nitrogens with one attached hydrogen (secondary N) is 1. The molecule has 66 valence electrons. The van der Waals surface area contributed by atoms with Gasteiger partial charge < -0.3 is 4.98 Å². The molecule has 0 radical (unpaired) electrons. The number of nitriles is 1. The number of aromatic amines is 1. The molecule has 0 atom stereocenters. The Morgan fingerprint density at radius 3 is 2.92 bits per heavy atom. The fourth-order valence-electron chi connectivity index (χ4n) is 1.14. The smallest absolute Gasteiger partial charge is 0.138 e. The number of aromatic nitrogens is 1. The van der Waals surface area contributed by atoms with Gasteiger partial charge in [0.2, 0.25) is 0 Å². The molecule has 3 heteroatoms. The van der Waals surface area contributed by atoms with E-state index in [0.717, 1.165) is 10.4 Å². The SMILES string of the molecule is C.N#CSc1ccc2cc[nH]c2c1. The van der Waals surface area contributed by atoms with Crippen molar-refractivity contribution >= 4 is 22.7 Å². The number of nitrogens with zero attached hydrogens (tertiary/aromatic N) is 1. The average molecular weight is 190 g/mol. The summed E-state index contributed by atoms with van der Waals surface area (Å²) in [5.41, 5.74) is 1.08. The lowest BCUT2D eigenvalue weighted by molar-refractivity contribution is 1.43. The number of fused-ring (bicyclic) bond motifs is 1. The zero-order valence-electron chi connectivity index (χ0n) is 6.24. The number of hydrogen-bond acceptors (Lipinski definition) is 2. The summed E-state index contributed by atoms with van der Waals surface area (Å²) in [6, 6.07) is 7.94. The summed E-state index contributed by atoms with van der Waals surface area (Å²) < 4.78 is 0. The van der Waals surface area contributed by atoms with Gasteiger partial charge in [-0.3, -0.25) is 0 Å². The van der Waals surface area contributed by atoms with Crippen LogP contribution in [0.5, 0.6) is 0 Å². The Morgan fingerprint density at radius 2 is 2.15 bits per heavy atom. The molecule has 13 heavy (non-hydrogen) atoms. The normalized spacial score (nSPS) is 9.15. The van der Waals surface area contributed by atoms with Gasteiger partial charge in [-0.1, -0.05) is 13.5 Å².